The number of hydrogen-bond acceptors (Lipinski definition) is 7. The van der Waals surface area contributed by atoms with Gasteiger partial charge in [0.25, 0.3) is 0 Å². The Morgan fingerprint density at radius 2 is 1.97 bits per heavy atom. The lowest BCUT2D eigenvalue weighted by atomic mass is 9.99. The third-order valence-corrected chi connectivity index (χ3v) is 7.38. The van der Waals surface area contributed by atoms with Crippen LogP contribution in [0.1, 0.15) is 34.9 Å². The number of fused-ring (bicyclic) bond motifs is 2. The van der Waals surface area contributed by atoms with Crippen molar-refractivity contribution in [1.29, 1.82) is 0 Å². The summed E-state index contributed by atoms with van der Waals surface area (Å²) >= 11 is 7.54. The predicted octanol–water partition coefficient (Wildman–Crippen LogP) is 5.98. The highest BCUT2D eigenvalue weighted by atomic mass is 35.5. The van der Waals surface area contributed by atoms with Crippen molar-refractivity contribution >= 4 is 35.0 Å². The smallest absolute Gasteiger partial charge is 0.234 e. The number of pyridine rings is 1. The van der Waals surface area contributed by atoms with Crippen molar-refractivity contribution in [3.63, 3.8) is 0 Å². The van der Waals surface area contributed by atoms with Gasteiger partial charge < -0.3 is 15.2 Å². The number of halogens is 1. The van der Waals surface area contributed by atoms with Crippen molar-refractivity contribution in [2.24, 2.45) is 0 Å². The number of aromatic nitrogens is 3. The fourth-order valence-corrected chi connectivity index (χ4v) is 5.14. The lowest BCUT2D eigenvalue weighted by Crippen LogP contribution is -2.16. The SMILES string of the molecule is CCc1ccc(NC(=O)CSc2nc(-c3cccc(Cl)c3)nc3c2Cc2c(CO)cnc(C)c2O3)cc1. The number of ether oxygens (including phenoxy) is 1. The average molecular weight is 533 g/mol. The molecule has 4 aromatic rings. The maximum atomic E-state index is 12.8. The molecule has 7 nitrogen and oxygen atoms in total. The fourth-order valence-electron chi connectivity index (χ4n) is 4.12. The first-order chi connectivity index (χ1) is 17.9. The summed E-state index contributed by atoms with van der Waals surface area (Å²) in [4.78, 5) is 26.6. The number of aliphatic hydroxyl groups is 1. The minimum atomic E-state index is -0.155. The number of carbonyl (C=O) groups is 1. The molecule has 1 aliphatic rings. The number of hydrogen-bond donors (Lipinski definition) is 2. The maximum Gasteiger partial charge on any atom is 0.234 e. The van der Waals surface area contributed by atoms with Crippen LogP contribution < -0.4 is 10.1 Å². The van der Waals surface area contributed by atoms with E-state index in [2.05, 4.69) is 17.2 Å². The monoisotopic (exact) mass is 532 g/mol. The Bertz CT molecular complexity index is 1480. The zero-order valence-corrected chi connectivity index (χ0v) is 22.0. The van der Waals surface area contributed by atoms with Crippen molar-refractivity contribution in [3.05, 3.63) is 87.7 Å². The van der Waals surface area contributed by atoms with E-state index in [0.29, 0.717) is 45.2 Å². The quantitative estimate of drug-likeness (QED) is 0.196. The molecule has 0 atom stereocenters. The average Bonchev–Trinajstić information content (AvgIpc) is 2.91. The van der Waals surface area contributed by atoms with Crippen LogP contribution in [0.25, 0.3) is 11.4 Å². The Kier molecular flexibility index (Phi) is 7.41. The Morgan fingerprint density at radius 1 is 1.16 bits per heavy atom. The van der Waals surface area contributed by atoms with Crippen LogP contribution in [0.15, 0.2) is 59.8 Å². The molecule has 1 amide bonds. The largest absolute Gasteiger partial charge is 0.436 e. The van der Waals surface area contributed by atoms with Crippen LogP contribution in [0.5, 0.6) is 11.6 Å². The van der Waals surface area contributed by atoms with Crippen LogP contribution in [0.4, 0.5) is 5.69 Å². The second-order valence-corrected chi connectivity index (χ2v) is 10.0. The van der Waals surface area contributed by atoms with Crippen LogP contribution in [-0.2, 0) is 24.2 Å². The highest BCUT2D eigenvalue weighted by molar-refractivity contribution is 8.00. The van der Waals surface area contributed by atoms with Gasteiger partial charge in [0.1, 0.15) is 5.03 Å². The summed E-state index contributed by atoms with van der Waals surface area (Å²) < 4.78 is 6.24. The van der Waals surface area contributed by atoms with Gasteiger partial charge in [-0.25, -0.2) is 4.98 Å². The molecule has 0 unspecified atom stereocenters. The summed E-state index contributed by atoms with van der Waals surface area (Å²) in [6.45, 7) is 3.79. The number of aliphatic hydroxyl groups excluding tert-OH is 1. The molecule has 2 aromatic heterocycles. The van der Waals surface area contributed by atoms with E-state index in [1.54, 1.807) is 18.3 Å². The number of carbonyl (C=O) groups excluding carboxylic acids is 1. The van der Waals surface area contributed by atoms with Crippen LogP contribution >= 0.6 is 23.4 Å². The normalized spacial score (nSPS) is 11.9. The fraction of sp³-hybridized carbons (Fsp3) is 0.214. The van der Waals surface area contributed by atoms with Crippen molar-refractivity contribution in [2.75, 3.05) is 11.1 Å². The Hall–Kier alpha value is -3.46. The molecule has 188 valence electrons. The van der Waals surface area contributed by atoms with E-state index in [4.69, 9.17) is 26.3 Å². The number of benzene rings is 2. The molecular weight excluding hydrogens is 508 g/mol. The molecule has 3 heterocycles. The molecule has 2 aromatic carbocycles. The van der Waals surface area contributed by atoms with Gasteiger partial charge in [0.2, 0.25) is 11.8 Å². The molecule has 9 heteroatoms. The third kappa shape index (κ3) is 5.46. The first kappa shape index (κ1) is 25.2. The summed E-state index contributed by atoms with van der Waals surface area (Å²) in [5.74, 6) is 1.48. The Labute approximate surface area is 224 Å². The minimum Gasteiger partial charge on any atom is -0.436 e. The molecule has 0 radical (unpaired) electrons. The zero-order chi connectivity index (χ0) is 25.9. The summed E-state index contributed by atoms with van der Waals surface area (Å²) in [7, 11) is 0. The van der Waals surface area contributed by atoms with E-state index in [1.807, 2.05) is 43.3 Å². The number of rotatable bonds is 7. The third-order valence-electron chi connectivity index (χ3n) is 6.13. The standard InChI is InChI=1S/C28H25ClN4O3S/c1-3-17-7-9-21(10-8-17)31-24(35)15-37-28-23-12-22-19(14-34)13-30-16(2)25(22)36-27(23)32-26(33-28)18-5-4-6-20(29)11-18/h4-11,13,34H,3,12,14-15H2,1-2H3,(H,31,35). The minimum absolute atomic E-state index is 0.140. The van der Waals surface area contributed by atoms with Crippen molar-refractivity contribution in [2.45, 2.75) is 38.3 Å². The first-order valence-electron chi connectivity index (χ1n) is 11.9. The van der Waals surface area contributed by atoms with Gasteiger partial charge >= 0.3 is 0 Å². The van der Waals surface area contributed by atoms with E-state index >= 15 is 0 Å². The van der Waals surface area contributed by atoms with Crippen molar-refractivity contribution in [3.8, 4) is 23.0 Å². The molecular formula is C28H25ClN4O3S. The van der Waals surface area contributed by atoms with Gasteiger partial charge in [-0.15, -0.1) is 0 Å². The van der Waals surface area contributed by atoms with E-state index in [0.717, 1.165) is 28.8 Å². The van der Waals surface area contributed by atoms with Crippen LogP contribution in [0.2, 0.25) is 5.02 Å². The molecule has 37 heavy (non-hydrogen) atoms. The Morgan fingerprint density at radius 3 is 2.70 bits per heavy atom. The summed E-state index contributed by atoms with van der Waals surface area (Å²) in [6.07, 6.45) is 3.06. The highest BCUT2D eigenvalue weighted by Crippen LogP contribution is 2.42. The van der Waals surface area contributed by atoms with Gasteiger partial charge in [-0.1, -0.05) is 54.6 Å². The molecule has 5 rings (SSSR count). The highest BCUT2D eigenvalue weighted by Gasteiger charge is 2.28. The van der Waals surface area contributed by atoms with Crippen LogP contribution in [-0.4, -0.2) is 31.7 Å². The van der Waals surface area contributed by atoms with Gasteiger partial charge in [-0.2, -0.15) is 4.98 Å². The predicted molar refractivity (Wildman–Crippen MR) is 145 cm³/mol. The molecule has 0 spiro atoms. The number of aryl methyl sites for hydroxylation is 2. The van der Waals surface area contributed by atoms with Crippen molar-refractivity contribution in [1.82, 2.24) is 15.0 Å². The molecule has 1 aliphatic heterocycles. The first-order valence-corrected chi connectivity index (χ1v) is 13.3. The number of anilines is 1. The molecule has 0 aliphatic carbocycles. The van der Waals surface area contributed by atoms with E-state index in [1.165, 1.54) is 17.3 Å². The molecule has 0 saturated carbocycles. The summed E-state index contributed by atoms with van der Waals surface area (Å²) in [6, 6.07) is 15.1. The second kappa shape index (κ2) is 10.9. The molecule has 0 fully saturated rings. The second-order valence-electron chi connectivity index (χ2n) is 8.65. The van der Waals surface area contributed by atoms with E-state index < -0.39 is 0 Å². The van der Waals surface area contributed by atoms with Gasteiger partial charge in [0, 0.05) is 40.0 Å². The zero-order valence-electron chi connectivity index (χ0n) is 20.4. The lowest BCUT2D eigenvalue weighted by molar-refractivity contribution is -0.113. The summed E-state index contributed by atoms with van der Waals surface area (Å²) in [5, 5.41) is 14.0. The number of nitrogens with one attached hydrogen (secondary N) is 1. The molecule has 0 saturated heterocycles. The van der Waals surface area contributed by atoms with Gasteiger partial charge in [-0.05, 0) is 43.2 Å². The number of amides is 1. The van der Waals surface area contributed by atoms with Gasteiger partial charge in [-0.3, -0.25) is 9.78 Å². The van der Waals surface area contributed by atoms with Crippen LogP contribution in [0, 0.1) is 6.92 Å². The van der Waals surface area contributed by atoms with Gasteiger partial charge in [0.05, 0.1) is 23.6 Å². The Balaban J connectivity index is 1.47. The van der Waals surface area contributed by atoms with E-state index in [9.17, 15) is 9.90 Å². The van der Waals surface area contributed by atoms with E-state index in [-0.39, 0.29) is 18.3 Å². The summed E-state index contributed by atoms with van der Waals surface area (Å²) in [5.41, 5.74) is 5.72. The molecule has 0 bridgehead atoms. The molecule has 2 N–H and O–H groups in total. The van der Waals surface area contributed by atoms with Crippen molar-refractivity contribution < 1.29 is 14.6 Å². The van der Waals surface area contributed by atoms with Crippen LogP contribution in [0.3, 0.4) is 0 Å². The number of nitrogens with zero attached hydrogens (tertiary/aromatic N) is 3. The maximum absolute atomic E-state index is 12.8. The topological polar surface area (TPSA) is 97.2 Å². The van der Waals surface area contributed by atoms with Gasteiger partial charge in [0.15, 0.2) is 11.6 Å². The lowest BCUT2D eigenvalue weighted by Gasteiger charge is -2.24. The number of thioether (sulfide) groups is 1.